The number of nitrogens with zero attached hydrogens (tertiary/aromatic N) is 3. The maximum atomic E-state index is 12.9. The van der Waals surface area contributed by atoms with Crippen molar-refractivity contribution in [3.8, 4) is 5.88 Å². The van der Waals surface area contributed by atoms with Gasteiger partial charge in [-0.3, -0.25) is 4.99 Å². The van der Waals surface area contributed by atoms with Crippen molar-refractivity contribution in [2.24, 2.45) is 4.99 Å². The van der Waals surface area contributed by atoms with Gasteiger partial charge in [-0.2, -0.15) is 13.2 Å². The Bertz CT molecular complexity index is 739. The van der Waals surface area contributed by atoms with Crippen molar-refractivity contribution in [2.45, 2.75) is 19.5 Å². The lowest BCUT2D eigenvalue weighted by Crippen LogP contribution is -2.40. The number of halogens is 4. The fraction of sp³-hybridized carbons (Fsp3) is 0.438. The van der Waals surface area contributed by atoms with Crippen molar-refractivity contribution in [1.29, 1.82) is 0 Å². The first-order valence-corrected chi connectivity index (χ1v) is 8.72. The van der Waals surface area contributed by atoms with Crippen LogP contribution in [0.15, 0.2) is 29.5 Å². The van der Waals surface area contributed by atoms with Crippen LogP contribution in [0.3, 0.4) is 0 Å². The molecule has 0 bridgehead atoms. The summed E-state index contributed by atoms with van der Waals surface area (Å²) in [5, 5.41) is 7.12. The van der Waals surface area contributed by atoms with E-state index in [1.54, 1.807) is 18.4 Å². The number of ether oxygens (including phenoxy) is 1. The minimum absolute atomic E-state index is 0. The van der Waals surface area contributed by atoms with Crippen LogP contribution < -0.4 is 15.4 Å². The topological polar surface area (TPSA) is 71.4 Å². The predicted molar refractivity (Wildman–Crippen MR) is 110 cm³/mol. The van der Waals surface area contributed by atoms with Crippen molar-refractivity contribution in [1.82, 2.24) is 20.6 Å². The Morgan fingerprint density at radius 2 is 2.00 bits per heavy atom. The molecular weight excluding hydrogens is 494 g/mol. The van der Waals surface area contributed by atoms with E-state index in [2.05, 4.69) is 25.6 Å². The number of rotatable bonds is 7. The van der Waals surface area contributed by atoms with E-state index in [1.807, 2.05) is 13.1 Å². The molecule has 0 fully saturated rings. The van der Waals surface area contributed by atoms with Crippen molar-refractivity contribution < 1.29 is 17.9 Å². The third-order valence-electron chi connectivity index (χ3n) is 3.23. The molecule has 0 spiro atoms. The lowest BCUT2D eigenvalue weighted by molar-refractivity contribution is -0.139. The second kappa shape index (κ2) is 11.3. The molecule has 6 nitrogen and oxygen atoms in total. The number of aromatic nitrogens is 2. The molecule has 0 unspecified atom stereocenters. The first-order chi connectivity index (χ1) is 12.4. The Hall–Kier alpha value is -1.63. The summed E-state index contributed by atoms with van der Waals surface area (Å²) in [6, 6.07) is 2.17. The van der Waals surface area contributed by atoms with Gasteiger partial charge in [-0.25, -0.2) is 9.97 Å². The largest absolute Gasteiger partial charge is 0.475 e. The van der Waals surface area contributed by atoms with Gasteiger partial charge in [-0.1, -0.05) is 0 Å². The van der Waals surface area contributed by atoms with Gasteiger partial charge in [0.05, 0.1) is 11.6 Å². The van der Waals surface area contributed by atoms with E-state index in [0.29, 0.717) is 12.5 Å². The lowest BCUT2D eigenvalue weighted by atomic mass is 10.2. The van der Waals surface area contributed by atoms with Crippen LogP contribution in [0.4, 0.5) is 13.2 Å². The Balaban J connectivity index is 0.00000364. The fourth-order valence-corrected chi connectivity index (χ4v) is 2.85. The highest BCUT2D eigenvalue weighted by Gasteiger charge is 2.34. The minimum atomic E-state index is -4.50. The second-order valence-corrected chi connectivity index (χ2v) is 6.56. The number of hydrogen-bond donors (Lipinski definition) is 2. The summed E-state index contributed by atoms with van der Waals surface area (Å²) < 4.78 is 43.7. The van der Waals surface area contributed by atoms with Gasteiger partial charge in [0, 0.05) is 37.3 Å². The van der Waals surface area contributed by atoms with Gasteiger partial charge in [-0.15, -0.1) is 35.3 Å². The van der Waals surface area contributed by atoms with Crippen molar-refractivity contribution >= 4 is 41.3 Å². The standard InChI is InChI=1S/C16H20F3N5OS.HI/c1-11-10-24-13(26-11)5-7-22-15(20-2)23-8-9-25-14-12(16(17,18)19)4-3-6-21-14;/h3-4,6,10H,5,7-9H2,1-2H3,(H2,20,22,23);1H. The zero-order valence-electron chi connectivity index (χ0n) is 14.8. The molecule has 0 aliphatic heterocycles. The van der Waals surface area contributed by atoms with E-state index in [9.17, 15) is 13.2 Å². The molecule has 11 heteroatoms. The zero-order chi connectivity index (χ0) is 19.0. The molecule has 2 aromatic rings. The molecule has 0 amide bonds. The number of aryl methyl sites for hydroxylation is 1. The molecule has 0 saturated heterocycles. The molecule has 2 N–H and O–H groups in total. The van der Waals surface area contributed by atoms with Crippen molar-refractivity contribution in [3.63, 3.8) is 0 Å². The average Bonchev–Trinajstić information content (AvgIpc) is 3.01. The van der Waals surface area contributed by atoms with Gasteiger partial charge in [0.25, 0.3) is 0 Å². The molecule has 0 saturated carbocycles. The van der Waals surface area contributed by atoms with Crippen LogP contribution in [0.2, 0.25) is 0 Å². The monoisotopic (exact) mass is 515 g/mol. The van der Waals surface area contributed by atoms with Crippen molar-refractivity contribution in [3.05, 3.63) is 40.0 Å². The Morgan fingerprint density at radius 1 is 1.26 bits per heavy atom. The highest BCUT2D eigenvalue weighted by Crippen LogP contribution is 2.34. The predicted octanol–water partition coefficient (Wildman–Crippen LogP) is 3.27. The lowest BCUT2D eigenvalue weighted by Gasteiger charge is -2.14. The van der Waals surface area contributed by atoms with E-state index >= 15 is 0 Å². The molecule has 150 valence electrons. The fourth-order valence-electron chi connectivity index (χ4n) is 2.06. The molecule has 0 aliphatic carbocycles. The normalized spacial score (nSPS) is 11.7. The third kappa shape index (κ3) is 7.87. The molecule has 27 heavy (non-hydrogen) atoms. The number of thiazole rings is 1. The van der Waals surface area contributed by atoms with Crippen LogP contribution in [0.1, 0.15) is 15.4 Å². The van der Waals surface area contributed by atoms with Crippen LogP contribution in [0, 0.1) is 6.92 Å². The quantitative estimate of drug-likeness (QED) is 0.257. The second-order valence-electron chi connectivity index (χ2n) is 5.24. The van der Waals surface area contributed by atoms with Gasteiger partial charge in [0.15, 0.2) is 5.96 Å². The van der Waals surface area contributed by atoms with Crippen LogP contribution >= 0.6 is 35.3 Å². The number of nitrogens with one attached hydrogen (secondary N) is 2. The van der Waals surface area contributed by atoms with Crippen LogP contribution in [0.5, 0.6) is 5.88 Å². The average molecular weight is 515 g/mol. The Kier molecular flexibility index (Phi) is 9.77. The molecule has 0 aromatic carbocycles. The third-order valence-corrected chi connectivity index (χ3v) is 4.21. The SMILES string of the molecule is CN=C(NCCOc1ncccc1C(F)(F)F)NCCc1ncc(C)s1.I. The number of guanidine groups is 1. The molecule has 0 aliphatic rings. The van der Waals surface area contributed by atoms with Crippen LogP contribution in [0.25, 0.3) is 0 Å². The van der Waals surface area contributed by atoms with E-state index in [-0.39, 0.29) is 37.1 Å². The van der Waals surface area contributed by atoms with E-state index < -0.39 is 17.6 Å². The number of alkyl halides is 3. The van der Waals surface area contributed by atoms with E-state index in [1.165, 1.54) is 12.3 Å². The molecule has 2 aromatic heterocycles. The summed E-state index contributed by atoms with van der Waals surface area (Å²) >= 11 is 1.64. The molecule has 0 atom stereocenters. The van der Waals surface area contributed by atoms with Gasteiger partial charge in [0.2, 0.25) is 5.88 Å². The number of pyridine rings is 1. The molecular formula is C16H21F3IN5OS. The summed E-state index contributed by atoms with van der Waals surface area (Å²) in [5.41, 5.74) is -0.888. The smallest absolute Gasteiger partial charge is 0.421 e. The van der Waals surface area contributed by atoms with Gasteiger partial charge < -0.3 is 15.4 Å². The van der Waals surface area contributed by atoms with Gasteiger partial charge >= 0.3 is 6.18 Å². The summed E-state index contributed by atoms with van der Waals surface area (Å²) in [4.78, 5) is 13.1. The van der Waals surface area contributed by atoms with Gasteiger partial charge in [0.1, 0.15) is 12.2 Å². The van der Waals surface area contributed by atoms with E-state index in [4.69, 9.17) is 4.74 Å². The highest BCUT2D eigenvalue weighted by atomic mass is 127. The van der Waals surface area contributed by atoms with Crippen molar-refractivity contribution in [2.75, 3.05) is 26.7 Å². The summed E-state index contributed by atoms with van der Waals surface area (Å²) in [6.45, 7) is 2.95. The summed E-state index contributed by atoms with van der Waals surface area (Å²) in [5.74, 6) is 0.114. The van der Waals surface area contributed by atoms with Crippen LogP contribution in [-0.4, -0.2) is 42.7 Å². The molecule has 2 rings (SSSR count). The maximum absolute atomic E-state index is 12.9. The molecule has 0 radical (unpaired) electrons. The van der Waals surface area contributed by atoms with E-state index in [0.717, 1.165) is 22.4 Å². The highest BCUT2D eigenvalue weighted by molar-refractivity contribution is 14.0. The van der Waals surface area contributed by atoms with Crippen LogP contribution in [-0.2, 0) is 12.6 Å². The zero-order valence-corrected chi connectivity index (χ0v) is 18.0. The number of aliphatic imine (C=N–C) groups is 1. The maximum Gasteiger partial charge on any atom is 0.421 e. The Morgan fingerprint density at radius 3 is 2.63 bits per heavy atom. The Labute approximate surface area is 176 Å². The number of hydrogen-bond acceptors (Lipinski definition) is 5. The summed E-state index contributed by atoms with van der Waals surface area (Å²) in [6.07, 6.45) is -0.641. The minimum Gasteiger partial charge on any atom is -0.475 e. The first kappa shape index (κ1) is 23.4. The first-order valence-electron chi connectivity index (χ1n) is 7.91. The molecule has 2 heterocycles. The van der Waals surface area contributed by atoms with Gasteiger partial charge in [-0.05, 0) is 19.1 Å². The summed E-state index contributed by atoms with van der Waals surface area (Å²) in [7, 11) is 1.62.